The Morgan fingerprint density at radius 2 is 1.86 bits per heavy atom. The van der Waals surface area contributed by atoms with E-state index >= 15 is 0 Å². The molecule has 0 spiro atoms. The van der Waals surface area contributed by atoms with Gasteiger partial charge in [-0.25, -0.2) is 8.42 Å². The Bertz CT molecular complexity index is 422. The normalized spacial score (nSPS) is 32.8. The van der Waals surface area contributed by atoms with Crippen molar-refractivity contribution in [2.45, 2.75) is 30.6 Å². The van der Waals surface area contributed by atoms with E-state index in [-0.39, 0.29) is 17.7 Å². The van der Waals surface area contributed by atoms with E-state index in [2.05, 4.69) is 10.2 Å². The number of hydrogen-bond acceptors (Lipinski definition) is 5. The van der Waals surface area contributed by atoms with Gasteiger partial charge in [0.1, 0.15) is 0 Å². The zero-order valence-electron chi connectivity index (χ0n) is 12.4. The number of piperazine rings is 1. The van der Waals surface area contributed by atoms with Crippen LogP contribution in [0.4, 0.5) is 0 Å². The number of hydrogen-bond donors (Lipinski definition) is 1. The molecule has 21 heavy (non-hydrogen) atoms. The van der Waals surface area contributed by atoms with Crippen molar-refractivity contribution in [3.05, 3.63) is 0 Å². The standard InChI is InChI=1S/C13H25N3O3S.ClH/c17-20(18,13-2-1-9-19-11-13)16-6-3-12(10-16)15-7-4-14-5-8-15;/h12-14H,1-11H2;1H. The summed E-state index contributed by atoms with van der Waals surface area (Å²) >= 11 is 0. The van der Waals surface area contributed by atoms with Crippen LogP contribution in [-0.4, -0.2) is 81.4 Å². The molecule has 3 fully saturated rings. The largest absolute Gasteiger partial charge is 0.380 e. The number of nitrogens with one attached hydrogen (secondary N) is 1. The van der Waals surface area contributed by atoms with E-state index < -0.39 is 10.0 Å². The van der Waals surface area contributed by atoms with E-state index in [1.54, 1.807) is 4.31 Å². The number of nitrogens with zero attached hydrogens (tertiary/aromatic N) is 2. The first-order valence-electron chi connectivity index (χ1n) is 7.69. The van der Waals surface area contributed by atoms with Crippen molar-refractivity contribution in [2.75, 3.05) is 52.5 Å². The fourth-order valence-corrected chi connectivity index (χ4v) is 5.34. The highest BCUT2D eigenvalue weighted by molar-refractivity contribution is 7.89. The van der Waals surface area contributed by atoms with Crippen molar-refractivity contribution in [1.29, 1.82) is 0 Å². The van der Waals surface area contributed by atoms with Crippen LogP contribution >= 0.6 is 12.4 Å². The summed E-state index contributed by atoms with van der Waals surface area (Å²) in [6.07, 6.45) is 2.57. The average Bonchev–Trinajstić information content (AvgIpc) is 3.00. The molecule has 124 valence electrons. The third-order valence-electron chi connectivity index (χ3n) is 4.69. The molecular formula is C13H26ClN3O3S. The molecule has 0 aliphatic carbocycles. The van der Waals surface area contributed by atoms with Gasteiger partial charge < -0.3 is 10.1 Å². The Labute approximate surface area is 133 Å². The Hall–Kier alpha value is 0.0800. The monoisotopic (exact) mass is 339 g/mol. The van der Waals surface area contributed by atoms with Crippen LogP contribution in [0.25, 0.3) is 0 Å². The minimum absolute atomic E-state index is 0. The molecule has 0 amide bonds. The zero-order valence-corrected chi connectivity index (χ0v) is 14.0. The maximum atomic E-state index is 12.6. The van der Waals surface area contributed by atoms with Crippen molar-refractivity contribution >= 4 is 22.4 Å². The summed E-state index contributed by atoms with van der Waals surface area (Å²) in [4.78, 5) is 2.43. The second-order valence-corrected chi connectivity index (χ2v) is 8.18. The predicted molar refractivity (Wildman–Crippen MR) is 84.4 cm³/mol. The lowest BCUT2D eigenvalue weighted by Crippen LogP contribution is -2.50. The lowest BCUT2D eigenvalue weighted by atomic mass is 10.2. The molecule has 2 atom stereocenters. The van der Waals surface area contributed by atoms with E-state index in [9.17, 15) is 8.42 Å². The number of halogens is 1. The highest BCUT2D eigenvalue weighted by atomic mass is 35.5. The molecule has 3 saturated heterocycles. The van der Waals surface area contributed by atoms with E-state index in [1.165, 1.54) is 0 Å². The van der Waals surface area contributed by atoms with Crippen LogP contribution < -0.4 is 5.32 Å². The smallest absolute Gasteiger partial charge is 0.219 e. The molecule has 3 heterocycles. The summed E-state index contributed by atoms with van der Waals surface area (Å²) in [7, 11) is -3.17. The third kappa shape index (κ3) is 3.89. The second-order valence-electron chi connectivity index (χ2n) is 5.97. The summed E-state index contributed by atoms with van der Waals surface area (Å²) in [5, 5.41) is 3.02. The first-order chi connectivity index (χ1) is 9.68. The minimum atomic E-state index is -3.17. The summed E-state index contributed by atoms with van der Waals surface area (Å²) < 4.78 is 32.3. The predicted octanol–water partition coefficient (Wildman–Crippen LogP) is -0.103. The van der Waals surface area contributed by atoms with Gasteiger partial charge in [-0.1, -0.05) is 0 Å². The van der Waals surface area contributed by atoms with Crippen molar-refractivity contribution in [3.8, 4) is 0 Å². The molecule has 6 nitrogen and oxygen atoms in total. The van der Waals surface area contributed by atoms with Gasteiger partial charge in [-0.3, -0.25) is 4.90 Å². The lowest BCUT2D eigenvalue weighted by molar-refractivity contribution is 0.0975. The van der Waals surface area contributed by atoms with E-state index in [1.807, 2.05) is 0 Å². The molecule has 0 saturated carbocycles. The van der Waals surface area contributed by atoms with Gasteiger partial charge in [-0.05, 0) is 19.3 Å². The van der Waals surface area contributed by atoms with Gasteiger partial charge in [0, 0.05) is 51.9 Å². The molecule has 0 aromatic rings. The second kappa shape index (κ2) is 7.57. The van der Waals surface area contributed by atoms with Crippen LogP contribution in [0.5, 0.6) is 0 Å². The van der Waals surface area contributed by atoms with Crippen LogP contribution in [0.2, 0.25) is 0 Å². The van der Waals surface area contributed by atoms with Crippen LogP contribution in [-0.2, 0) is 14.8 Å². The van der Waals surface area contributed by atoms with E-state index in [0.717, 1.165) is 45.4 Å². The zero-order chi connectivity index (χ0) is 14.0. The Balaban J connectivity index is 0.00000161. The molecule has 3 aliphatic heterocycles. The molecule has 0 aromatic carbocycles. The first-order valence-corrected chi connectivity index (χ1v) is 9.20. The minimum Gasteiger partial charge on any atom is -0.380 e. The van der Waals surface area contributed by atoms with Gasteiger partial charge in [0.15, 0.2) is 0 Å². The molecule has 1 N–H and O–H groups in total. The topological polar surface area (TPSA) is 61.9 Å². The quantitative estimate of drug-likeness (QED) is 0.778. The molecule has 8 heteroatoms. The van der Waals surface area contributed by atoms with Crippen LogP contribution in [0.1, 0.15) is 19.3 Å². The van der Waals surface area contributed by atoms with Gasteiger partial charge in [-0.15, -0.1) is 12.4 Å². The van der Waals surface area contributed by atoms with Gasteiger partial charge >= 0.3 is 0 Å². The number of sulfonamides is 1. The van der Waals surface area contributed by atoms with Gasteiger partial charge in [0.25, 0.3) is 0 Å². The molecule has 0 radical (unpaired) electrons. The van der Waals surface area contributed by atoms with E-state index in [4.69, 9.17) is 4.74 Å². The fraction of sp³-hybridized carbons (Fsp3) is 1.00. The van der Waals surface area contributed by atoms with Crippen LogP contribution in [0.3, 0.4) is 0 Å². The Morgan fingerprint density at radius 1 is 1.10 bits per heavy atom. The highest BCUT2D eigenvalue weighted by Crippen LogP contribution is 2.24. The van der Waals surface area contributed by atoms with Gasteiger partial charge in [0.2, 0.25) is 10.0 Å². The highest BCUT2D eigenvalue weighted by Gasteiger charge is 2.39. The Kier molecular flexibility index (Phi) is 6.28. The van der Waals surface area contributed by atoms with Crippen LogP contribution in [0.15, 0.2) is 0 Å². The number of ether oxygens (including phenoxy) is 1. The summed E-state index contributed by atoms with van der Waals surface area (Å²) in [6.45, 7) is 6.51. The molecular weight excluding hydrogens is 314 g/mol. The Morgan fingerprint density at radius 3 is 2.52 bits per heavy atom. The van der Waals surface area contributed by atoms with Crippen molar-refractivity contribution < 1.29 is 13.2 Å². The molecule has 0 bridgehead atoms. The van der Waals surface area contributed by atoms with Crippen molar-refractivity contribution in [2.24, 2.45) is 0 Å². The average molecular weight is 340 g/mol. The SMILES string of the molecule is Cl.O=S(=O)(C1CCCOC1)N1CCC(N2CCNCC2)C1. The first kappa shape index (κ1) is 17.4. The van der Waals surface area contributed by atoms with Crippen molar-refractivity contribution in [1.82, 2.24) is 14.5 Å². The van der Waals surface area contributed by atoms with E-state index in [0.29, 0.717) is 32.3 Å². The molecule has 0 aromatic heterocycles. The summed E-state index contributed by atoms with van der Waals surface area (Å²) in [5.41, 5.74) is 0. The van der Waals surface area contributed by atoms with Crippen molar-refractivity contribution in [3.63, 3.8) is 0 Å². The third-order valence-corrected chi connectivity index (χ3v) is 6.96. The van der Waals surface area contributed by atoms with Crippen LogP contribution in [0, 0.1) is 0 Å². The van der Waals surface area contributed by atoms with Gasteiger partial charge in [-0.2, -0.15) is 4.31 Å². The fourth-order valence-electron chi connectivity index (χ4n) is 3.44. The molecule has 2 unspecified atom stereocenters. The van der Waals surface area contributed by atoms with Gasteiger partial charge in [0.05, 0.1) is 11.9 Å². The lowest BCUT2D eigenvalue weighted by Gasteiger charge is -2.33. The summed E-state index contributed by atoms with van der Waals surface area (Å²) in [5.74, 6) is 0. The maximum absolute atomic E-state index is 12.6. The summed E-state index contributed by atoms with van der Waals surface area (Å²) in [6, 6.07) is 0.399. The molecule has 3 rings (SSSR count). The number of rotatable bonds is 3. The maximum Gasteiger partial charge on any atom is 0.219 e. The molecule has 3 aliphatic rings.